The Hall–Kier alpha value is -2.49. The standard InChI is InChI=1S/C13H11N3O/c14-10-5-3-9(4-6-10)11-8-12(16-15-11)13-2-1-7-17-13/h1-8H,14H2,(H,15,16). The van der Waals surface area contributed by atoms with Crippen LogP contribution in [0.5, 0.6) is 0 Å². The second-order valence-corrected chi connectivity index (χ2v) is 3.77. The van der Waals surface area contributed by atoms with E-state index in [-0.39, 0.29) is 0 Å². The maximum Gasteiger partial charge on any atom is 0.151 e. The van der Waals surface area contributed by atoms with Gasteiger partial charge in [0.05, 0.1) is 12.0 Å². The van der Waals surface area contributed by atoms with Crippen LogP contribution in [-0.4, -0.2) is 10.2 Å². The zero-order valence-electron chi connectivity index (χ0n) is 9.05. The topological polar surface area (TPSA) is 67.8 Å². The molecular formula is C13H11N3O. The summed E-state index contributed by atoms with van der Waals surface area (Å²) in [6, 6.07) is 13.3. The molecule has 0 aliphatic heterocycles. The number of H-pyrrole nitrogens is 1. The zero-order chi connectivity index (χ0) is 11.7. The molecule has 0 atom stereocenters. The van der Waals surface area contributed by atoms with Gasteiger partial charge in [-0.15, -0.1) is 0 Å². The first-order valence-corrected chi connectivity index (χ1v) is 5.28. The number of rotatable bonds is 2. The summed E-state index contributed by atoms with van der Waals surface area (Å²) in [7, 11) is 0. The SMILES string of the molecule is Nc1ccc(-c2cc(-c3ccco3)[nH]n2)cc1. The number of nitrogen functional groups attached to an aromatic ring is 1. The van der Waals surface area contributed by atoms with E-state index in [2.05, 4.69) is 10.2 Å². The summed E-state index contributed by atoms with van der Waals surface area (Å²) in [5.74, 6) is 0.777. The fourth-order valence-electron chi connectivity index (χ4n) is 1.68. The number of aromatic amines is 1. The molecule has 0 fully saturated rings. The van der Waals surface area contributed by atoms with Crippen molar-refractivity contribution in [2.45, 2.75) is 0 Å². The quantitative estimate of drug-likeness (QED) is 0.659. The van der Waals surface area contributed by atoms with Crippen LogP contribution in [0, 0.1) is 0 Å². The summed E-state index contributed by atoms with van der Waals surface area (Å²) in [4.78, 5) is 0. The molecule has 0 aliphatic carbocycles. The van der Waals surface area contributed by atoms with Gasteiger partial charge in [-0.1, -0.05) is 12.1 Å². The molecule has 0 unspecified atom stereocenters. The van der Waals surface area contributed by atoms with Gasteiger partial charge >= 0.3 is 0 Å². The first kappa shape index (κ1) is 9.72. The molecule has 0 bridgehead atoms. The first-order chi connectivity index (χ1) is 8.33. The Morgan fingerprint density at radius 3 is 2.65 bits per heavy atom. The highest BCUT2D eigenvalue weighted by Gasteiger charge is 2.07. The van der Waals surface area contributed by atoms with Gasteiger partial charge in [0.2, 0.25) is 0 Å². The van der Waals surface area contributed by atoms with E-state index in [1.807, 2.05) is 42.5 Å². The number of nitrogens with one attached hydrogen (secondary N) is 1. The molecule has 2 aromatic heterocycles. The van der Waals surface area contributed by atoms with Crippen LogP contribution < -0.4 is 5.73 Å². The van der Waals surface area contributed by atoms with E-state index in [0.29, 0.717) is 0 Å². The number of nitrogens with zero attached hydrogens (tertiary/aromatic N) is 1. The average Bonchev–Trinajstić information content (AvgIpc) is 3.00. The van der Waals surface area contributed by atoms with Gasteiger partial charge in [-0.05, 0) is 30.3 Å². The third-order valence-corrected chi connectivity index (χ3v) is 2.57. The molecule has 84 valence electrons. The van der Waals surface area contributed by atoms with Crippen LogP contribution in [-0.2, 0) is 0 Å². The maximum absolute atomic E-state index is 5.64. The van der Waals surface area contributed by atoms with E-state index in [1.54, 1.807) is 6.26 Å². The number of benzene rings is 1. The number of hydrogen-bond donors (Lipinski definition) is 2. The van der Waals surface area contributed by atoms with Gasteiger partial charge < -0.3 is 10.2 Å². The van der Waals surface area contributed by atoms with Crippen molar-refractivity contribution in [1.29, 1.82) is 0 Å². The van der Waals surface area contributed by atoms with Crippen LogP contribution in [0.2, 0.25) is 0 Å². The lowest BCUT2D eigenvalue weighted by Gasteiger charge is -1.96. The maximum atomic E-state index is 5.64. The monoisotopic (exact) mass is 225 g/mol. The summed E-state index contributed by atoms with van der Waals surface area (Å²) in [5, 5.41) is 7.19. The third-order valence-electron chi connectivity index (χ3n) is 2.57. The van der Waals surface area contributed by atoms with Crippen LogP contribution in [0.15, 0.2) is 53.1 Å². The van der Waals surface area contributed by atoms with Gasteiger partial charge in [-0.25, -0.2) is 0 Å². The summed E-state index contributed by atoms with van der Waals surface area (Å²) in [5.41, 5.74) is 9.15. The summed E-state index contributed by atoms with van der Waals surface area (Å²) in [6.07, 6.45) is 1.64. The zero-order valence-corrected chi connectivity index (χ0v) is 9.05. The molecule has 0 spiro atoms. The fraction of sp³-hybridized carbons (Fsp3) is 0. The highest BCUT2D eigenvalue weighted by atomic mass is 16.3. The van der Waals surface area contributed by atoms with Gasteiger partial charge in [-0.2, -0.15) is 5.10 Å². The van der Waals surface area contributed by atoms with Gasteiger partial charge in [0, 0.05) is 11.3 Å². The minimum absolute atomic E-state index is 0.746. The molecule has 0 aliphatic rings. The van der Waals surface area contributed by atoms with Crippen molar-refractivity contribution in [2.75, 3.05) is 5.73 Å². The Kier molecular flexibility index (Phi) is 2.19. The fourth-order valence-corrected chi connectivity index (χ4v) is 1.68. The lowest BCUT2D eigenvalue weighted by Crippen LogP contribution is -1.83. The predicted octanol–water partition coefficient (Wildman–Crippen LogP) is 2.92. The van der Waals surface area contributed by atoms with Crippen LogP contribution in [0.3, 0.4) is 0 Å². The number of hydrogen-bond acceptors (Lipinski definition) is 3. The molecule has 0 amide bonds. The molecule has 3 rings (SSSR count). The molecule has 17 heavy (non-hydrogen) atoms. The van der Waals surface area contributed by atoms with Gasteiger partial charge in [0.25, 0.3) is 0 Å². The molecule has 1 aromatic carbocycles. The second kappa shape index (κ2) is 3.83. The molecule has 2 heterocycles. The Morgan fingerprint density at radius 1 is 1.12 bits per heavy atom. The Bertz CT molecular complexity index is 608. The minimum Gasteiger partial charge on any atom is -0.463 e. The largest absolute Gasteiger partial charge is 0.463 e. The molecule has 0 radical (unpaired) electrons. The number of nitrogens with two attached hydrogens (primary N) is 1. The molecule has 3 N–H and O–H groups in total. The van der Waals surface area contributed by atoms with Crippen molar-refractivity contribution in [2.24, 2.45) is 0 Å². The van der Waals surface area contributed by atoms with Crippen molar-refractivity contribution in [3.05, 3.63) is 48.7 Å². The molecule has 4 heteroatoms. The molecule has 0 saturated carbocycles. The Labute approximate surface area is 98.1 Å². The molecular weight excluding hydrogens is 214 g/mol. The van der Waals surface area contributed by atoms with E-state index in [4.69, 9.17) is 10.2 Å². The number of anilines is 1. The van der Waals surface area contributed by atoms with Crippen LogP contribution in [0.4, 0.5) is 5.69 Å². The van der Waals surface area contributed by atoms with E-state index in [9.17, 15) is 0 Å². The van der Waals surface area contributed by atoms with Gasteiger partial charge in [-0.3, -0.25) is 5.10 Å². The van der Waals surface area contributed by atoms with Crippen LogP contribution in [0.25, 0.3) is 22.7 Å². The lowest BCUT2D eigenvalue weighted by molar-refractivity contribution is 0.580. The van der Waals surface area contributed by atoms with E-state index in [0.717, 1.165) is 28.4 Å². The summed E-state index contributed by atoms with van der Waals surface area (Å²) < 4.78 is 5.30. The average molecular weight is 225 g/mol. The van der Waals surface area contributed by atoms with E-state index in [1.165, 1.54) is 0 Å². The van der Waals surface area contributed by atoms with Crippen molar-refractivity contribution in [3.63, 3.8) is 0 Å². The van der Waals surface area contributed by atoms with Gasteiger partial charge in [0.15, 0.2) is 5.76 Å². The Balaban J connectivity index is 1.98. The third kappa shape index (κ3) is 1.80. The van der Waals surface area contributed by atoms with Crippen molar-refractivity contribution >= 4 is 5.69 Å². The predicted molar refractivity (Wildman–Crippen MR) is 66.1 cm³/mol. The molecule has 4 nitrogen and oxygen atoms in total. The van der Waals surface area contributed by atoms with E-state index < -0.39 is 0 Å². The summed E-state index contributed by atoms with van der Waals surface area (Å²) >= 11 is 0. The highest BCUT2D eigenvalue weighted by molar-refractivity contribution is 5.66. The number of furan rings is 1. The van der Waals surface area contributed by atoms with Gasteiger partial charge in [0.1, 0.15) is 5.69 Å². The van der Waals surface area contributed by atoms with Crippen molar-refractivity contribution in [3.8, 4) is 22.7 Å². The van der Waals surface area contributed by atoms with Crippen molar-refractivity contribution < 1.29 is 4.42 Å². The van der Waals surface area contributed by atoms with Crippen LogP contribution >= 0.6 is 0 Å². The normalized spacial score (nSPS) is 10.6. The molecule has 0 saturated heterocycles. The van der Waals surface area contributed by atoms with Crippen LogP contribution in [0.1, 0.15) is 0 Å². The molecule has 3 aromatic rings. The lowest BCUT2D eigenvalue weighted by atomic mass is 10.1. The smallest absolute Gasteiger partial charge is 0.151 e. The minimum atomic E-state index is 0.746. The van der Waals surface area contributed by atoms with E-state index >= 15 is 0 Å². The highest BCUT2D eigenvalue weighted by Crippen LogP contribution is 2.24. The first-order valence-electron chi connectivity index (χ1n) is 5.28. The number of aromatic nitrogens is 2. The Morgan fingerprint density at radius 2 is 1.94 bits per heavy atom. The van der Waals surface area contributed by atoms with Crippen molar-refractivity contribution in [1.82, 2.24) is 10.2 Å². The second-order valence-electron chi connectivity index (χ2n) is 3.77. The summed E-state index contributed by atoms with van der Waals surface area (Å²) in [6.45, 7) is 0.